The zero-order chi connectivity index (χ0) is 10.6. The van der Waals surface area contributed by atoms with E-state index in [4.69, 9.17) is 5.11 Å². The molecule has 1 rings (SSSR count). The predicted molar refractivity (Wildman–Crippen MR) is 55.0 cm³/mol. The first kappa shape index (κ1) is 11.5. The van der Waals surface area contributed by atoms with Gasteiger partial charge >= 0.3 is 0 Å². The first-order valence-corrected chi connectivity index (χ1v) is 5.21. The van der Waals surface area contributed by atoms with E-state index < -0.39 is 0 Å². The van der Waals surface area contributed by atoms with Gasteiger partial charge in [-0.3, -0.25) is 9.69 Å². The normalized spacial score (nSPS) is 22.9. The highest BCUT2D eigenvalue weighted by molar-refractivity contribution is 5.73. The quantitative estimate of drug-likeness (QED) is 0.693. The maximum Gasteiger partial charge on any atom is 0.219 e. The van der Waals surface area contributed by atoms with Gasteiger partial charge in [0.2, 0.25) is 5.91 Å². The summed E-state index contributed by atoms with van der Waals surface area (Å²) in [5.41, 5.74) is 0. The predicted octanol–water partition coefficient (Wildman–Crippen LogP) is -0.0786. The lowest BCUT2D eigenvalue weighted by Crippen LogP contribution is -2.48. The topological polar surface area (TPSA) is 43.8 Å². The molecule has 0 aromatic heterocycles. The third kappa shape index (κ3) is 2.96. The molecule has 1 heterocycles. The Labute approximate surface area is 85.5 Å². The van der Waals surface area contributed by atoms with Crippen LogP contribution in [0.5, 0.6) is 0 Å². The number of carbonyl (C=O) groups excluding carboxylic acids is 1. The maximum absolute atomic E-state index is 11.2. The molecule has 0 aromatic rings. The van der Waals surface area contributed by atoms with Crippen LogP contribution in [-0.4, -0.2) is 60.1 Å². The fraction of sp³-hybridized carbons (Fsp3) is 0.900. The van der Waals surface area contributed by atoms with Crippen molar-refractivity contribution >= 4 is 5.91 Å². The zero-order valence-corrected chi connectivity index (χ0v) is 9.07. The number of hydrogen-bond acceptors (Lipinski definition) is 3. The highest BCUT2D eigenvalue weighted by atomic mass is 16.3. The van der Waals surface area contributed by atoms with Gasteiger partial charge in [0.1, 0.15) is 0 Å². The minimum atomic E-state index is 0.159. The maximum atomic E-state index is 11.2. The smallest absolute Gasteiger partial charge is 0.219 e. The molecule has 4 nitrogen and oxygen atoms in total. The second kappa shape index (κ2) is 5.32. The van der Waals surface area contributed by atoms with Crippen molar-refractivity contribution in [2.75, 3.05) is 33.3 Å². The van der Waals surface area contributed by atoms with Gasteiger partial charge in [0.15, 0.2) is 0 Å². The molecule has 82 valence electrons. The SMILES string of the molecule is CC(=O)N1CCC[C@H](N(C)CCO)C1. The van der Waals surface area contributed by atoms with E-state index in [1.807, 2.05) is 11.9 Å². The fourth-order valence-corrected chi connectivity index (χ4v) is 1.94. The molecule has 1 fully saturated rings. The van der Waals surface area contributed by atoms with E-state index in [2.05, 4.69) is 4.90 Å². The summed E-state index contributed by atoms with van der Waals surface area (Å²) in [5, 5.41) is 8.82. The van der Waals surface area contributed by atoms with Crippen molar-refractivity contribution in [3.8, 4) is 0 Å². The molecule has 0 aliphatic carbocycles. The zero-order valence-electron chi connectivity index (χ0n) is 9.07. The average Bonchev–Trinajstić information content (AvgIpc) is 2.18. The Hall–Kier alpha value is -0.610. The first-order chi connectivity index (χ1) is 6.65. The number of aliphatic hydroxyl groups is 1. The first-order valence-electron chi connectivity index (χ1n) is 5.21. The molecule has 1 aliphatic rings. The number of carbonyl (C=O) groups is 1. The lowest BCUT2D eigenvalue weighted by atomic mass is 10.0. The lowest BCUT2D eigenvalue weighted by molar-refractivity contribution is -0.130. The van der Waals surface area contributed by atoms with Crippen molar-refractivity contribution in [2.45, 2.75) is 25.8 Å². The Bertz CT molecular complexity index is 197. The van der Waals surface area contributed by atoms with Gasteiger partial charge in [0.25, 0.3) is 0 Å². The van der Waals surface area contributed by atoms with Crippen LogP contribution in [0.25, 0.3) is 0 Å². The highest BCUT2D eigenvalue weighted by Gasteiger charge is 2.23. The molecule has 1 N–H and O–H groups in total. The van der Waals surface area contributed by atoms with Crippen LogP contribution in [0.1, 0.15) is 19.8 Å². The summed E-state index contributed by atoms with van der Waals surface area (Å²) in [6.07, 6.45) is 2.19. The molecule has 1 saturated heterocycles. The van der Waals surface area contributed by atoms with Gasteiger partial charge in [-0.25, -0.2) is 0 Å². The van der Waals surface area contributed by atoms with Gasteiger partial charge in [-0.05, 0) is 19.9 Å². The third-order valence-corrected chi connectivity index (χ3v) is 2.92. The molecule has 0 bridgehead atoms. The Morgan fingerprint density at radius 3 is 2.93 bits per heavy atom. The molecule has 14 heavy (non-hydrogen) atoms. The third-order valence-electron chi connectivity index (χ3n) is 2.92. The van der Waals surface area contributed by atoms with Gasteiger partial charge < -0.3 is 10.0 Å². The lowest BCUT2D eigenvalue weighted by Gasteiger charge is -2.37. The monoisotopic (exact) mass is 200 g/mol. The van der Waals surface area contributed by atoms with E-state index in [0.717, 1.165) is 25.9 Å². The van der Waals surface area contributed by atoms with E-state index in [-0.39, 0.29) is 12.5 Å². The second-order valence-corrected chi connectivity index (χ2v) is 3.97. The van der Waals surface area contributed by atoms with Crippen molar-refractivity contribution < 1.29 is 9.90 Å². The van der Waals surface area contributed by atoms with Gasteiger partial charge in [-0.1, -0.05) is 0 Å². The van der Waals surface area contributed by atoms with Crippen LogP contribution < -0.4 is 0 Å². The van der Waals surface area contributed by atoms with Gasteiger partial charge in [-0.2, -0.15) is 0 Å². The van der Waals surface area contributed by atoms with E-state index >= 15 is 0 Å². The minimum absolute atomic E-state index is 0.159. The molecule has 1 aliphatic heterocycles. The molecular formula is C10H20N2O2. The van der Waals surface area contributed by atoms with Crippen molar-refractivity contribution in [1.82, 2.24) is 9.80 Å². The van der Waals surface area contributed by atoms with Crippen LogP contribution in [-0.2, 0) is 4.79 Å². The van der Waals surface area contributed by atoms with Crippen LogP contribution in [0.15, 0.2) is 0 Å². The van der Waals surface area contributed by atoms with Crippen LogP contribution in [0.3, 0.4) is 0 Å². The summed E-state index contributed by atoms with van der Waals surface area (Å²) < 4.78 is 0. The van der Waals surface area contributed by atoms with Crippen molar-refractivity contribution in [3.63, 3.8) is 0 Å². The standard InChI is InChI=1S/C10H20N2O2/c1-9(14)12-5-3-4-10(8-12)11(2)6-7-13/h10,13H,3-8H2,1-2H3/t10-/m0/s1. The summed E-state index contributed by atoms with van der Waals surface area (Å²) >= 11 is 0. The van der Waals surface area contributed by atoms with Crippen LogP contribution >= 0.6 is 0 Å². The minimum Gasteiger partial charge on any atom is -0.395 e. The molecule has 0 unspecified atom stereocenters. The van der Waals surface area contributed by atoms with Gasteiger partial charge in [0.05, 0.1) is 6.61 Å². The highest BCUT2D eigenvalue weighted by Crippen LogP contribution is 2.14. The molecule has 0 aromatic carbocycles. The van der Waals surface area contributed by atoms with Gasteiger partial charge in [0, 0.05) is 32.6 Å². The van der Waals surface area contributed by atoms with E-state index in [0.29, 0.717) is 12.6 Å². The molecule has 1 amide bonds. The molecule has 0 radical (unpaired) electrons. The van der Waals surface area contributed by atoms with E-state index in [1.165, 1.54) is 0 Å². The molecule has 1 atom stereocenters. The number of likely N-dealkylation sites (N-methyl/N-ethyl adjacent to an activating group) is 1. The largest absolute Gasteiger partial charge is 0.395 e. The fourth-order valence-electron chi connectivity index (χ4n) is 1.94. The number of amides is 1. The number of nitrogens with zero attached hydrogens (tertiary/aromatic N) is 2. The summed E-state index contributed by atoms with van der Waals surface area (Å²) in [6.45, 7) is 4.20. The summed E-state index contributed by atoms with van der Waals surface area (Å²) in [7, 11) is 2.00. The van der Waals surface area contributed by atoms with Crippen molar-refractivity contribution in [2.24, 2.45) is 0 Å². The van der Waals surface area contributed by atoms with Crippen LogP contribution in [0.4, 0.5) is 0 Å². The Kier molecular flexibility index (Phi) is 4.35. The molecule has 0 saturated carbocycles. The molecule has 4 heteroatoms. The van der Waals surface area contributed by atoms with E-state index in [1.54, 1.807) is 6.92 Å². The summed E-state index contributed by atoms with van der Waals surface area (Å²) in [4.78, 5) is 15.2. The summed E-state index contributed by atoms with van der Waals surface area (Å²) in [6, 6.07) is 0.416. The summed E-state index contributed by atoms with van der Waals surface area (Å²) in [5.74, 6) is 0.159. The second-order valence-electron chi connectivity index (χ2n) is 3.97. The Morgan fingerprint density at radius 2 is 2.36 bits per heavy atom. The number of likely N-dealkylation sites (tertiary alicyclic amines) is 1. The number of piperidine rings is 1. The van der Waals surface area contributed by atoms with Crippen molar-refractivity contribution in [3.05, 3.63) is 0 Å². The van der Waals surface area contributed by atoms with E-state index in [9.17, 15) is 4.79 Å². The number of rotatable bonds is 3. The Morgan fingerprint density at radius 1 is 1.64 bits per heavy atom. The number of aliphatic hydroxyl groups excluding tert-OH is 1. The number of hydrogen-bond donors (Lipinski definition) is 1. The van der Waals surface area contributed by atoms with Crippen molar-refractivity contribution in [1.29, 1.82) is 0 Å². The Balaban J connectivity index is 2.43. The average molecular weight is 200 g/mol. The van der Waals surface area contributed by atoms with Gasteiger partial charge in [-0.15, -0.1) is 0 Å². The van der Waals surface area contributed by atoms with Crippen LogP contribution in [0, 0.1) is 0 Å². The molecular weight excluding hydrogens is 180 g/mol. The molecule has 0 spiro atoms. The van der Waals surface area contributed by atoms with Crippen LogP contribution in [0.2, 0.25) is 0 Å².